The van der Waals surface area contributed by atoms with Crippen LogP contribution in [0.3, 0.4) is 0 Å². The first kappa shape index (κ1) is 17.2. The third-order valence-corrected chi connectivity index (χ3v) is 5.05. The van der Waals surface area contributed by atoms with E-state index in [1.54, 1.807) is 18.1 Å². The van der Waals surface area contributed by atoms with Crippen LogP contribution in [0.25, 0.3) is 11.4 Å². The minimum Gasteiger partial charge on any atom is -0.495 e. The van der Waals surface area contributed by atoms with Crippen molar-refractivity contribution >= 4 is 11.8 Å². The van der Waals surface area contributed by atoms with Crippen LogP contribution >= 0.6 is 11.8 Å². The van der Waals surface area contributed by atoms with Gasteiger partial charge in [-0.1, -0.05) is 42.1 Å². The van der Waals surface area contributed by atoms with Gasteiger partial charge < -0.3 is 4.74 Å². The van der Waals surface area contributed by atoms with E-state index >= 15 is 0 Å². The summed E-state index contributed by atoms with van der Waals surface area (Å²) in [5.41, 5.74) is 1.79. The lowest BCUT2D eigenvalue weighted by Crippen LogP contribution is -2.06. The van der Waals surface area contributed by atoms with E-state index in [1.807, 2.05) is 66.1 Å². The number of benzene rings is 2. The summed E-state index contributed by atoms with van der Waals surface area (Å²) >= 11 is 1.53. The molecular formula is C18H17N7OS. The molecule has 0 aliphatic heterocycles. The third kappa shape index (κ3) is 3.41. The normalized spacial score (nSPS) is 12.1. The number of tetrazole rings is 1. The third-order valence-electron chi connectivity index (χ3n) is 4.00. The molecule has 1 unspecified atom stereocenters. The molecule has 0 radical (unpaired) electrons. The Hall–Kier alpha value is -3.20. The fourth-order valence-corrected chi connectivity index (χ4v) is 3.63. The van der Waals surface area contributed by atoms with E-state index in [-0.39, 0.29) is 5.25 Å². The largest absolute Gasteiger partial charge is 0.495 e. The molecule has 2 aromatic carbocycles. The molecule has 0 fully saturated rings. The van der Waals surface area contributed by atoms with Crippen molar-refractivity contribution in [3.05, 3.63) is 66.7 Å². The fourth-order valence-electron chi connectivity index (χ4n) is 2.71. The van der Waals surface area contributed by atoms with Gasteiger partial charge in [0, 0.05) is 0 Å². The molecule has 0 amide bonds. The summed E-state index contributed by atoms with van der Waals surface area (Å²) in [6, 6.07) is 17.5. The molecule has 8 nitrogen and oxygen atoms in total. The summed E-state index contributed by atoms with van der Waals surface area (Å²) in [6.07, 6.45) is 1.67. The Kier molecular flexibility index (Phi) is 4.84. The summed E-state index contributed by atoms with van der Waals surface area (Å²) in [6.45, 7) is 2.04. The van der Waals surface area contributed by atoms with E-state index in [2.05, 4.69) is 25.7 Å². The number of methoxy groups -OCH3 is 1. The maximum Gasteiger partial charge on any atom is 0.196 e. The molecule has 0 N–H and O–H groups in total. The molecule has 2 heterocycles. The van der Waals surface area contributed by atoms with E-state index in [9.17, 15) is 0 Å². The Bertz CT molecular complexity index is 1030. The van der Waals surface area contributed by atoms with E-state index in [4.69, 9.17) is 4.74 Å². The topological polar surface area (TPSA) is 83.5 Å². The highest BCUT2D eigenvalue weighted by Gasteiger charge is 2.21. The van der Waals surface area contributed by atoms with Crippen LogP contribution in [0.15, 0.2) is 66.1 Å². The molecule has 0 aliphatic rings. The van der Waals surface area contributed by atoms with Crippen molar-refractivity contribution in [2.24, 2.45) is 0 Å². The van der Waals surface area contributed by atoms with Crippen LogP contribution in [0, 0.1) is 0 Å². The molecule has 0 saturated heterocycles. The number of rotatable bonds is 6. The molecular weight excluding hydrogens is 362 g/mol. The molecule has 9 heteroatoms. The first-order valence-corrected chi connectivity index (χ1v) is 9.19. The highest BCUT2D eigenvalue weighted by Crippen LogP contribution is 2.35. The lowest BCUT2D eigenvalue weighted by molar-refractivity contribution is 0.412. The molecule has 136 valence electrons. The average molecular weight is 379 g/mol. The quantitative estimate of drug-likeness (QED) is 0.476. The van der Waals surface area contributed by atoms with Gasteiger partial charge in [-0.25, -0.2) is 0 Å². The van der Waals surface area contributed by atoms with Gasteiger partial charge in [0.05, 0.1) is 23.7 Å². The summed E-state index contributed by atoms with van der Waals surface area (Å²) in [4.78, 5) is 0. The van der Waals surface area contributed by atoms with Crippen molar-refractivity contribution in [3.63, 3.8) is 0 Å². The number of hydrogen-bond donors (Lipinski definition) is 0. The number of para-hydroxylation sites is 3. The van der Waals surface area contributed by atoms with E-state index in [1.165, 1.54) is 11.8 Å². The zero-order chi connectivity index (χ0) is 18.6. The summed E-state index contributed by atoms with van der Waals surface area (Å²) in [5, 5.41) is 21.2. The number of ether oxygens (including phenoxy) is 1. The lowest BCUT2D eigenvalue weighted by Gasteiger charge is -2.13. The zero-order valence-corrected chi connectivity index (χ0v) is 15.6. The Morgan fingerprint density at radius 3 is 2.59 bits per heavy atom. The van der Waals surface area contributed by atoms with Crippen molar-refractivity contribution in [2.45, 2.75) is 17.3 Å². The van der Waals surface area contributed by atoms with Crippen LogP contribution in [0.5, 0.6) is 5.75 Å². The Morgan fingerprint density at radius 2 is 1.78 bits per heavy atom. The molecule has 27 heavy (non-hydrogen) atoms. The summed E-state index contributed by atoms with van der Waals surface area (Å²) in [5.74, 6) is 1.49. The molecule has 1 atom stereocenters. The van der Waals surface area contributed by atoms with Crippen molar-refractivity contribution in [3.8, 4) is 17.1 Å². The molecule has 4 aromatic rings. The van der Waals surface area contributed by atoms with E-state index in [0.717, 1.165) is 28.1 Å². The van der Waals surface area contributed by atoms with Crippen molar-refractivity contribution in [1.82, 2.24) is 35.0 Å². The van der Waals surface area contributed by atoms with Gasteiger partial charge in [-0.15, -0.1) is 15.3 Å². The van der Waals surface area contributed by atoms with Crippen LogP contribution in [-0.2, 0) is 0 Å². The van der Waals surface area contributed by atoms with E-state index < -0.39 is 0 Å². The number of nitrogens with zero attached hydrogens (tertiary/aromatic N) is 7. The molecule has 2 aromatic heterocycles. The standard InChI is InChI=1S/C18H17N7OS/c1-13(17-20-22-23-25(17)14-8-4-3-5-9-14)27-18-21-19-12-24(18)15-10-6-7-11-16(15)26-2/h3-13H,1-2H3. The maximum absolute atomic E-state index is 5.46. The van der Waals surface area contributed by atoms with Gasteiger partial charge in [-0.2, -0.15) is 4.68 Å². The smallest absolute Gasteiger partial charge is 0.196 e. The van der Waals surface area contributed by atoms with Crippen LogP contribution < -0.4 is 4.74 Å². The van der Waals surface area contributed by atoms with Gasteiger partial charge in [-0.05, 0) is 41.6 Å². The van der Waals surface area contributed by atoms with Crippen molar-refractivity contribution in [1.29, 1.82) is 0 Å². The first-order chi connectivity index (χ1) is 13.3. The second-order valence-corrected chi connectivity index (χ2v) is 7.01. The molecule has 0 bridgehead atoms. The predicted octanol–water partition coefficient (Wildman–Crippen LogP) is 3.10. The zero-order valence-electron chi connectivity index (χ0n) is 14.8. The van der Waals surface area contributed by atoms with Crippen LogP contribution in [0.4, 0.5) is 0 Å². The fraction of sp³-hybridized carbons (Fsp3) is 0.167. The second-order valence-electron chi connectivity index (χ2n) is 5.70. The highest BCUT2D eigenvalue weighted by atomic mass is 32.2. The minimum atomic E-state index is -0.0436. The summed E-state index contributed by atoms with van der Waals surface area (Å²) in [7, 11) is 1.65. The van der Waals surface area contributed by atoms with E-state index in [0.29, 0.717) is 0 Å². The average Bonchev–Trinajstić information content (AvgIpc) is 3.38. The molecule has 0 spiro atoms. The maximum atomic E-state index is 5.46. The van der Waals surface area contributed by atoms with Gasteiger partial charge >= 0.3 is 0 Å². The first-order valence-electron chi connectivity index (χ1n) is 8.31. The summed E-state index contributed by atoms with van der Waals surface area (Å²) < 4.78 is 9.09. The van der Waals surface area contributed by atoms with Gasteiger partial charge in [0.25, 0.3) is 0 Å². The van der Waals surface area contributed by atoms with Gasteiger partial charge in [-0.3, -0.25) is 4.57 Å². The predicted molar refractivity (Wildman–Crippen MR) is 101 cm³/mol. The molecule has 0 saturated carbocycles. The van der Waals surface area contributed by atoms with Gasteiger partial charge in [0.1, 0.15) is 12.1 Å². The number of thioether (sulfide) groups is 1. The van der Waals surface area contributed by atoms with Crippen molar-refractivity contribution < 1.29 is 4.74 Å². The number of hydrogen-bond acceptors (Lipinski definition) is 7. The number of aromatic nitrogens is 7. The highest BCUT2D eigenvalue weighted by molar-refractivity contribution is 7.99. The van der Waals surface area contributed by atoms with Gasteiger partial charge in [0.15, 0.2) is 11.0 Å². The minimum absolute atomic E-state index is 0.0436. The Balaban J connectivity index is 1.64. The second kappa shape index (κ2) is 7.58. The van der Waals surface area contributed by atoms with Crippen LogP contribution in [-0.4, -0.2) is 42.1 Å². The van der Waals surface area contributed by atoms with Crippen LogP contribution in [0.1, 0.15) is 18.0 Å². The Morgan fingerprint density at radius 1 is 1.00 bits per heavy atom. The monoisotopic (exact) mass is 379 g/mol. The lowest BCUT2D eigenvalue weighted by atomic mass is 10.3. The molecule has 0 aliphatic carbocycles. The molecule has 4 rings (SSSR count). The Labute approximate surface area is 160 Å². The van der Waals surface area contributed by atoms with Gasteiger partial charge in [0.2, 0.25) is 0 Å². The van der Waals surface area contributed by atoms with Crippen LogP contribution in [0.2, 0.25) is 0 Å². The SMILES string of the molecule is COc1ccccc1-n1cnnc1SC(C)c1nnnn1-c1ccccc1. The van der Waals surface area contributed by atoms with Crippen molar-refractivity contribution in [2.75, 3.05) is 7.11 Å².